The van der Waals surface area contributed by atoms with Crippen LogP contribution in [0.5, 0.6) is 0 Å². The third-order valence-corrected chi connectivity index (χ3v) is 6.70. The molecular weight excluding hydrogens is 312 g/mol. The predicted molar refractivity (Wildman–Crippen MR) is 103 cm³/mol. The van der Waals surface area contributed by atoms with Crippen molar-refractivity contribution in [2.45, 2.75) is 64.5 Å². The van der Waals surface area contributed by atoms with Crippen molar-refractivity contribution in [3.63, 3.8) is 0 Å². The van der Waals surface area contributed by atoms with Gasteiger partial charge in [-0.2, -0.15) is 0 Å². The lowest BCUT2D eigenvalue weighted by molar-refractivity contribution is -0.134. The quantitative estimate of drug-likeness (QED) is 0.757. The Balaban J connectivity index is 1.36. The first-order valence-electron chi connectivity index (χ1n) is 10.7. The third kappa shape index (κ3) is 5.18. The molecule has 0 saturated carbocycles. The van der Waals surface area contributed by atoms with E-state index in [1.54, 1.807) is 0 Å². The molecule has 0 N–H and O–H groups in total. The second-order valence-electron chi connectivity index (χ2n) is 8.28. The topological polar surface area (TPSA) is 30.0 Å². The monoisotopic (exact) mass is 350 g/mol. The maximum atomic E-state index is 12.7. The second kappa shape index (κ2) is 9.33. The van der Waals surface area contributed by atoms with Gasteiger partial charge in [-0.15, -0.1) is 0 Å². The molecule has 144 valence electrons. The molecule has 1 atom stereocenters. The van der Waals surface area contributed by atoms with Crippen LogP contribution in [0, 0.1) is 0 Å². The molecule has 5 nitrogen and oxygen atoms in total. The highest BCUT2D eigenvalue weighted by atomic mass is 16.2. The molecule has 3 aliphatic rings. The molecular formula is C20H38N4O. The van der Waals surface area contributed by atoms with Crippen molar-refractivity contribution in [3.05, 3.63) is 0 Å². The van der Waals surface area contributed by atoms with Gasteiger partial charge in [0.2, 0.25) is 5.91 Å². The Hall–Kier alpha value is -0.650. The number of hydrogen-bond donors (Lipinski definition) is 0. The maximum absolute atomic E-state index is 12.7. The Bertz CT molecular complexity index is 408. The zero-order valence-electron chi connectivity index (χ0n) is 16.5. The molecule has 0 aromatic heterocycles. The Morgan fingerprint density at radius 3 is 2.16 bits per heavy atom. The van der Waals surface area contributed by atoms with Crippen molar-refractivity contribution >= 4 is 5.91 Å². The molecule has 3 heterocycles. The zero-order valence-corrected chi connectivity index (χ0v) is 16.5. The van der Waals surface area contributed by atoms with Gasteiger partial charge in [-0.3, -0.25) is 14.6 Å². The molecule has 0 aromatic carbocycles. The van der Waals surface area contributed by atoms with Crippen molar-refractivity contribution in [3.8, 4) is 0 Å². The first kappa shape index (κ1) is 19.1. The van der Waals surface area contributed by atoms with Gasteiger partial charge in [0, 0.05) is 51.4 Å². The van der Waals surface area contributed by atoms with E-state index in [0.29, 0.717) is 18.5 Å². The number of likely N-dealkylation sites (tertiary alicyclic amines) is 2. The van der Waals surface area contributed by atoms with Crippen LogP contribution in [0.4, 0.5) is 0 Å². The third-order valence-electron chi connectivity index (χ3n) is 6.70. The summed E-state index contributed by atoms with van der Waals surface area (Å²) >= 11 is 0. The number of piperazine rings is 1. The molecule has 3 aliphatic heterocycles. The number of amides is 1. The van der Waals surface area contributed by atoms with Crippen molar-refractivity contribution < 1.29 is 4.79 Å². The summed E-state index contributed by atoms with van der Waals surface area (Å²) in [5.41, 5.74) is 0. The lowest BCUT2D eigenvalue weighted by atomic mass is 10.00. The van der Waals surface area contributed by atoms with E-state index in [0.717, 1.165) is 45.3 Å². The summed E-state index contributed by atoms with van der Waals surface area (Å²) in [7, 11) is 0. The lowest BCUT2D eigenvalue weighted by Crippen LogP contribution is -2.54. The predicted octanol–water partition coefficient (Wildman–Crippen LogP) is 1.88. The SMILES string of the molecule is CCC(C)N1CCN(C(=O)CN2CCC(N3CCCCC3)CC2)CC1. The van der Waals surface area contributed by atoms with E-state index in [4.69, 9.17) is 0 Å². The van der Waals surface area contributed by atoms with E-state index in [2.05, 4.69) is 33.4 Å². The number of rotatable bonds is 5. The normalized spacial score (nSPS) is 26.7. The van der Waals surface area contributed by atoms with Gasteiger partial charge in [-0.25, -0.2) is 0 Å². The standard InChI is InChI=1S/C20H38N4O/c1-3-18(2)22-13-15-24(16-14-22)20(25)17-21-11-7-19(8-12-21)23-9-5-4-6-10-23/h18-19H,3-17H2,1-2H3. The summed E-state index contributed by atoms with van der Waals surface area (Å²) < 4.78 is 0. The van der Waals surface area contributed by atoms with Gasteiger partial charge in [0.1, 0.15) is 0 Å². The fourth-order valence-corrected chi connectivity index (χ4v) is 4.69. The molecule has 5 heteroatoms. The largest absolute Gasteiger partial charge is 0.339 e. The van der Waals surface area contributed by atoms with Crippen LogP contribution in [0.15, 0.2) is 0 Å². The number of nitrogens with zero attached hydrogens (tertiary/aromatic N) is 4. The molecule has 3 fully saturated rings. The van der Waals surface area contributed by atoms with Crippen LogP contribution in [0.3, 0.4) is 0 Å². The van der Waals surface area contributed by atoms with E-state index in [9.17, 15) is 4.79 Å². The molecule has 3 rings (SSSR count). The highest BCUT2D eigenvalue weighted by Gasteiger charge is 2.28. The van der Waals surface area contributed by atoms with Gasteiger partial charge in [-0.05, 0) is 52.1 Å². The Morgan fingerprint density at radius 1 is 0.920 bits per heavy atom. The fourth-order valence-electron chi connectivity index (χ4n) is 4.69. The molecule has 0 spiro atoms. The number of carbonyl (C=O) groups is 1. The smallest absolute Gasteiger partial charge is 0.236 e. The van der Waals surface area contributed by atoms with Crippen LogP contribution in [0.2, 0.25) is 0 Å². The first-order chi connectivity index (χ1) is 12.2. The van der Waals surface area contributed by atoms with E-state index < -0.39 is 0 Å². The van der Waals surface area contributed by atoms with E-state index in [1.165, 1.54) is 51.6 Å². The molecule has 25 heavy (non-hydrogen) atoms. The second-order valence-corrected chi connectivity index (χ2v) is 8.28. The van der Waals surface area contributed by atoms with Crippen LogP contribution >= 0.6 is 0 Å². The van der Waals surface area contributed by atoms with Gasteiger partial charge < -0.3 is 9.80 Å². The van der Waals surface area contributed by atoms with Crippen molar-refractivity contribution in [1.29, 1.82) is 0 Å². The number of carbonyl (C=O) groups excluding carboxylic acids is 1. The number of hydrogen-bond acceptors (Lipinski definition) is 4. The average molecular weight is 351 g/mol. The Labute approximate surface area is 154 Å². The molecule has 0 aromatic rings. The van der Waals surface area contributed by atoms with E-state index in [-0.39, 0.29) is 0 Å². The first-order valence-corrected chi connectivity index (χ1v) is 10.7. The van der Waals surface area contributed by atoms with E-state index >= 15 is 0 Å². The maximum Gasteiger partial charge on any atom is 0.236 e. The van der Waals surface area contributed by atoms with Crippen LogP contribution in [0.25, 0.3) is 0 Å². The molecule has 1 unspecified atom stereocenters. The summed E-state index contributed by atoms with van der Waals surface area (Å²) in [4.78, 5) is 22.4. The molecule has 1 amide bonds. The Kier molecular flexibility index (Phi) is 7.14. The summed E-state index contributed by atoms with van der Waals surface area (Å²) in [6.45, 7) is 13.9. The zero-order chi connectivity index (χ0) is 17.6. The van der Waals surface area contributed by atoms with Crippen LogP contribution in [-0.4, -0.2) is 96.5 Å². The molecule has 0 aliphatic carbocycles. The van der Waals surface area contributed by atoms with Crippen LogP contribution in [0.1, 0.15) is 52.4 Å². The van der Waals surface area contributed by atoms with Gasteiger partial charge in [0.05, 0.1) is 6.54 Å². The number of piperidine rings is 2. The minimum absolute atomic E-state index is 0.347. The summed E-state index contributed by atoms with van der Waals surface area (Å²) in [6, 6.07) is 1.41. The fraction of sp³-hybridized carbons (Fsp3) is 0.950. The van der Waals surface area contributed by atoms with Crippen molar-refractivity contribution in [2.75, 3.05) is 58.9 Å². The van der Waals surface area contributed by atoms with Gasteiger partial charge >= 0.3 is 0 Å². The molecule has 3 saturated heterocycles. The molecule has 0 radical (unpaired) electrons. The Morgan fingerprint density at radius 2 is 1.56 bits per heavy atom. The van der Waals surface area contributed by atoms with Gasteiger partial charge in [0.25, 0.3) is 0 Å². The lowest BCUT2D eigenvalue weighted by Gasteiger charge is -2.41. The van der Waals surface area contributed by atoms with Crippen LogP contribution < -0.4 is 0 Å². The summed E-state index contributed by atoms with van der Waals surface area (Å²) in [6.07, 6.45) is 7.85. The summed E-state index contributed by atoms with van der Waals surface area (Å²) in [5, 5.41) is 0. The highest BCUT2D eigenvalue weighted by molar-refractivity contribution is 5.78. The van der Waals surface area contributed by atoms with Gasteiger partial charge in [-0.1, -0.05) is 13.3 Å². The van der Waals surface area contributed by atoms with Crippen molar-refractivity contribution in [2.24, 2.45) is 0 Å². The van der Waals surface area contributed by atoms with Gasteiger partial charge in [0.15, 0.2) is 0 Å². The summed E-state index contributed by atoms with van der Waals surface area (Å²) in [5.74, 6) is 0.347. The van der Waals surface area contributed by atoms with E-state index in [1.807, 2.05) is 0 Å². The minimum Gasteiger partial charge on any atom is -0.339 e. The van der Waals surface area contributed by atoms with Crippen LogP contribution in [-0.2, 0) is 4.79 Å². The minimum atomic E-state index is 0.347. The average Bonchev–Trinajstić information content (AvgIpc) is 2.68. The molecule has 0 bridgehead atoms. The highest BCUT2D eigenvalue weighted by Crippen LogP contribution is 2.21. The van der Waals surface area contributed by atoms with Crippen molar-refractivity contribution in [1.82, 2.24) is 19.6 Å².